The second-order valence-electron chi connectivity index (χ2n) is 5.28. The Morgan fingerprint density at radius 3 is 2.82 bits per heavy atom. The van der Waals surface area contributed by atoms with Crippen LogP contribution in [0, 0.1) is 12.3 Å². The van der Waals surface area contributed by atoms with Crippen LogP contribution in [0.2, 0.25) is 0 Å². The van der Waals surface area contributed by atoms with Gasteiger partial charge in [0, 0.05) is 24.4 Å². The van der Waals surface area contributed by atoms with Crippen molar-refractivity contribution in [2.75, 3.05) is 18.1 Å². The Bertz CT molecular complexity index is 495. The molecular weight excluding hydrogens is 296 g/mol. The van der Waals surface area contributed by atoms with Crippen LogP contribution in [0.4, 0.5) is 4.79 Å². The van der Waals surface area contributed by atoms with E-state index >= 15 is 0 Å². The van der Waals surface area contributed by atoms with Gasteiger partial charge in [0.05, 0.1) is 5.75 Å². The molecule has 2 N–H and O–H groups in total. The summed E-state index contributed by atoms with van der Waals surface area (Å²) in [5.74, 6) is 4.40. The zero-order chi connectivity index (χ0) is 15.6. The average molecular weight is 318 g/mol. The summed E-state index contributed by atoms with van der Waals surface area (Å²) in [5.41, 5.74) is 0.996. The molecule has 1 amide bonds. The Kier molecular flexibility index (Phi) is 7.14. The standard InChI is InChI=1S/C17H22N2O2S/c1-2-9-22-10-8-18-15-11-16(12-15)19-17(20)21-13-14-6-4-3-5-7-14/h1,3-7,15-16,18H,8-13H2,(H,19,20). The molecule has 1 aromatic rings. The molecule has 0 radical (unpaired) electrons. The molecule has 2 rings (SSSR count). The normalized spacial score (nSPS) is 19.8. The molecule has 4 nitrogen and oxygen atoms in total. The maximum atomic E-state index is 11.7. The van der Waals surface area contributed by atoms with Crippen LogP contribution in [0.25, 0.3) is 0 Å². The molecule has 0 spiro atoms. The third kappa shape index (κ3) is 6.00. The van der Waals surface area contributed by atoms with Gasteiger partial charge in [-0.25, -0.2) is 4.79 Å². The Balaban J connectivity index is 1.50. The zero-order valence-electron chi connectivity index (χ0n) is 12.6. The molecule has 0 unspecified atom stereocenters. The van der Waals surface area contributed by atoms with Crippen molar-refractivity contribution in [2.24, 2.45) is 0 Å². The summed E-state index contributed by atoms with van der Waals surface area (Å²) in [6.45, 7) is 1.27. The van der Waals surface area contributed by atoms with E-state index in [4.69, 9.17) is 11.2 Å². The van der Waals surface area contributed by atoms with Crippen molar-refractivity contribution < 1.29 is 9.53 Å². The second kappa shape index (κ2) is 9.39. The number of carbonyl (C=O) groups excluding carboxylic acids is 1. The lowest BCUT2D eigenvalue weighted by atomic mass is 9.87. The molecule has 1 aromatic carbocycles. The number of terminal acetylenes is 1. The fourth-order valence-corrected chi connectivity index (χ4v) is 2.82. The van der Waals surface area contributed by atoms with Gasteiger partial charge in [-0.2, -0.15) is 0 Å². The SMILES string of the molecule is C#CCSCCNC1CC(NC(=O)OCc2ccccc2)C1. The number of benzene rings is 1. The van der Waals surface area contributed by atoms with Gasteiger partial charge in [-0.15, -0.1) is 18.2 Å². The van der Waals surface area contributed by atoms with Crippen LogP contribution in [-0.2, 0) is 11.3 Å². The van der Waals surface area contributed by atoms with Gasteiger partial charge < -0.3 is 15.4 Å². The molecule has 1 aliphatic carbocycles. The molecule has 0 heterocycles. The smallest absolute Gasteiger partial charge is 0.407 e. The van der Waals surface area contributed by atoms with E-state index in [1.54, 1.807) is 11.8 Å². The largest absolute Gasteiger partial charge is 0.445 e. The summed E-state index contributed by atoms with van der Waals surface area (Å²) in [7, 11) is 0. The van der Waals surface area contributed by atoms with Crippen LogP contribution < -0.4 is 10.6 Å². The third-order valence-corrected chi connectivity index (χ3v) is 4.40. The fraction of sp³-hybridized carbons (Fsp3) is 0.471. The Morgan fingerprint density at radius 1 is 1.32 bits per heavy atom. The van der Waals surface area contributed by atoms with E-state index in [9.17, 15) is 4.79 Å². The monoisotopic (exact) mass is 318 g/mol. The van der Waals surface area contributed by atoms with E-state index < -0.39 is 0 Å². The molecule has 1 aliphatic rings. The predicted octanol–water partition coefficient (Wildman–Crippen LogP) is 2.40. The van der Waals surface area contributed by atoms with Gasteiger partial charge in [0.15, 0.2) is 0 Å². The van der Waals surface area contributed by atoms with Crippen LogP contribution in [0.1, 0.15) is 18.4 Å². The van der Waals surface area contributed by atoms with E-state index in [1.807, 2.05) is 30.3 Å². The summed E-state index contributed by atoms with van der Waals surface area (Å²) in [4.78, 5) is 11.7. The Labute approximate surface area is 136 Å². The number of hydrogen-bond donors (Lipinski definition) is 2. The minimum atomic E-state index is -0.336. The molecule has 118 valence electrons. The molecule has 1 saturated carbocycles. The first-order valence-corrected chi connectivity index (χ1v) is 8.65. The molecule has 1 fully saturated rings. The number of amides is 1. The van der Waals surface area contributed by atoms with Crippen molar-refractivity contribution in [3.63, 3.8) is 0 Å². The van der Waals surface area contributed by atoms with E-state index in [0.29, 0.717) is 12.6 Å². The van der Waals surface area contributed by atoms with Crippen LogP contribution in [0.5, 0.6) is 0 Å². The van der Waals surface area contributed by atoms with Crippen LogP contribution in [-0.4, -0.2) is 36.2 Å². The van der Waals surface area contributed by atoms with Gasteiger partial charge in [0.1, 0.15) is 6.61 Å². The lowest BCUT2D eigenvalue weighted by molar-refractivity contribution is 0.126. The van der Waals surface area contributed by atoms with Gasteiger partial charge in [-0.3, -0.25) is 0 Å². The van der Waals surface area contributed by atoms with Gasteiger partial charge in [0.25, 0.3) is 0 Å². The van der Waals surface area contributed by atoms with E-state index in [0.717, 1.165) is 36.5 Å². The Hall–Kier alpha value is -1.64. The highest BCUT2D eigenvalue weighted by atomic mass is 32.2. The van der Waals surface area contributed by atoms with Gasteiger partial charge in [-0.05, 0) is 18.4 Å². The van der Waals surface area contributed by atoms with E-state index in [1.165, 1.54) is 0 Å². The third-order valence-electron chi connectivity index (χ3n) is 3.54. The zero-order valence-corrected chi connectivity index (χ0v) is 13.4. The summed E-state index contributed by atoms with van der Waals surface area (Å²) >= 11 is 1.76. The average Bonchev–Trinajstić information content (AvgIpc) is 2.51. The van der Waals surface area contributed by atoms with E-state index in [2.05, 4.69) is 16.6 Å². The highest BCUT2D eigenvalue weighted by molar-refractivity contribution is 7.99. The van der Waals surface area contributed by atoms with Gasteiger partial charge in [-0.1, -0.05) is 36.3 Å². The number of alkyl carbamates (subject to hydrolysis) is 1. The predicted molar refractivity (Wildman–Crippen MR) is 90.7 cm³/mol. The van der Waals surface area contributed by atoms with Crippen molar-refractivity contribution >= 4 is 17.9 Å². The van der Waals surface area contributed by atoms with Crippen molar-refractivity contribution in [1.29, 1.82) is 0 Å². The molecule has 0 bridgehead atoms. The van der Waals surface area contributed by atoms with Crippen LogP contribution >= 0.6 is 11.8 Å². The molecule has 22 heavy (non-hydrogen) atoms. The highest BCUT2D eigenvalue weighted by Gasteiger charge is 2.29. The number of nitrogens with one attached hydrogen (secondary N) is 2. The van der Waals surface area contributed by atoms with Crippen molar-refractivity contribution in [3.8, 4) is 12.3 Å². The second-order valence-corrected chi connectivity index (χ2v) is 6.39. The molecule has 5 heteroatoms. The number of hydrogen-bond acceptors (Lipinski definition) is 4. The first-order valence-electron chi connectivity index (χ1n) is 7.49. The topological polar surface area (TPSA) is 50.4 Å². The van der Waals surface area contributed by atoms with Crippen molar-refractivity contribution in [1.82, 2.24) is 10.6 Å². The molecule has 0 aliphatic heterocycles. The molecular formula is C17H22N2O2S. The van der Waals surface area contributed by atoms with Crippen LogP contribution in [0.3, 0.4) is 0 Å². The lowest BCUT2D eigenvalue weighted by Crippen LogP contribution is -2.52. The minimum absolute atomic E-state index is 0.221. The summed E-state index contributed by atoms with van der Waals surface area (Å²) in [6, 6.07) is 10.4. The summed E-state index contributed by atoms with van der Waals surface area (Å²) < 4.78 is 5.20. The van der Waals surface area contributed by atoms with Crippen LogP contribution in [0.15, 0.2) is 30.3 Å². The lowest BCUT2D eigenvalue weighted by Gasteiger charge is -2.36. The minimum Gasteiger partial charge on any atom is -0.445 e. The first kappa shape index (κ1) is 16.7. The van der Waals surface area contributed by atoms with E-state index in [-0.39, 0.29) is 12.1 Å². The summed E-state index contributed by atoms with van der Waals surface area (Å²) in [5, 5.41) is 6.35. The molecule has 0 saturated heterocycles. The maximum absolute atomic E-state index is 11.7. The van der Waals surface area contributed by atoms with Crippen molar-refractivity contribution in [3.05, 3.63) is 35.9 Å². The van der Waals surface area contributed by atoms with Gasteiger partial charge >= 0.3 is 6.09 Å². The number of rotatable bonds is 8. The highest BCUT2D eigenvalue weighted by Crippen LogP contribution is 2.20. The molecule has 0 atom stereocenters. The Morgan fingerprint density at radius 2 is 2.09 bits per heavy atom. The summed E-state index contributed by atoms with van der Waals surface area (Å²) in [6.07, 6.45) is 6.77. The quantitative estimate of drug-likeness (QED) is 0.571. The van der Waals surface area contributed by atoms with Crippen molar-refractivity contribution in [2.45, 2.75) is 31.5 Å². The fourth-order valence-electron chi connectivity index (χ4n) is 2.30. The number of thioether (sulfide) groups is 1. The number of carbonyl (C=O) groups is 1. The first-order chi connectivity index (χ1) is 10.8. The van der Waals surface area contributed by atoms with Gasteiger partial charge in [0.2, 0.25) is 0 Å². The number of ether oxygens (including phenoxy) is 1. The molecule has 0 aromatic heterocycles. The maximum Gasteiger partial charge on any atom is 0.407 e.